The monoisotopic (exact) mass is 317 g/mol. The van der Waals surface area contributed by atoms with Gasteiger partial charge in [-0.3, -0.25) is 9.59 Å². The first-order valence-electron chi connectivity index (χ1n) is 6.83. The maximum Gasteiger partial charge on any atom is 0.227 e. The Morgan fingerprint density at radius 3 is 2.81 bits per heavy atom. The summed E-state index contributed by atoms with van der Waals surface area (Å²) >= 11 is 2.97. The lowest BCUT2D eigenvalue weighted by Crippen LogP contribution is -2.13. The molecule has 1 saturated carbocycles. The Kier molecular flexibility index (Phi) is 4.41. The Hall–Kier alpha value is -1.59. The third-order valence-corrected chi connectivity index (χ3v) is 5.12. The molecule has 0 radical (unpaired) electrons. The highest BCUT2D eigenvalue weighted by Gasteiger charge is 2.29. The number of thiophene rings is 1. The molecule has 0 atom stereocenters. The van der Waals surface area contributed by atoms with Crippen molar-refractivity contribution in [2.75, 3.05) is 11.1 Å². The van der Waals surface area contributed by atoms with Crippen LogP contribution in [0.4, 0.5) is 5.69 Å². The molecule has 21 heavy (non-hydrogen) atoms. The number of hydrogen-bond donors (Lipinski definition) is 1. The van der Waals surface area contributed by atoms with Crippen molar-refractivity contribution < 1.29 is 9.59 Å². The number of Topliss-reactive ketones (excluding diaryl/α,β-unsaturated/α-hetero) is 1. The SMILES string of the molecule is O=C(CSc1cccc(NC(=O)C2CC2)c1)c1cccs1. The number of carbonyl (C=O) groups excluding carboxylic acids is 2. The fourth-order valence-electron chi connectivity index (χ4n) is 1.91. The smallest absolute Gasteiger partial charge is 0.227 e. The second kappa shape index (κ2) is 6.45. The molecule has 2 aromatic rings. The molecule has 1 aromatic heterocycles. The summed E-state index contributed by atoms with van der Waals surface area (Å²) < 4.78 is 0. The van der Waals surface area contributed by atoms with E-state index < -0.39 is 0 Å². The molecule has 1 aliphatic carbocycles. The van der Waals surface area contributed by atoms with Crippen molar-refractivity contribution in [1.82, 2.24) is 0 Å². The van der Waals surface area contributed by atoms with E-state index in [1.165, 1.54) is 23.1 Å². The van der Waals surface area contributed by atoms with E-state index >= 15 is 0 Å². The fraction of sp³-hybridized carbons (Fsp3) is 0.250. The molecule has 0 unspecified atom stereocenters. The maximum atomic E-state index is 12.0. The molecule has 1 fully saturated rings. The van der Waals surface area contributed by atoms with Gasteiger partial charge in [-0.15, -0.1) is 23.1 Å². The van der Waals surface area contributed by atoms with Crippen molar-refractivity contribution in [3.8, 4) is 0 Å². The first-order valence-corrected chi connectivity index (χ1v) is 8.69. The topological polar surface area (TPSA) is 46.2 Å². The number of rotatable bonds is 6. The third-order valence-electron chi connectivity index (χ3n) is 3.22. The number of ketones is 1. The standard InChI is InChI=1S/C16H15NO2S2/c18-14(15-5-2-8-20-15)10-21-13-4-1-3-12(9-13)17-16(19)11-6-7-11/h1-5,8-9,11H,6-7,10H2,(H,17,19). The van der Waals surface area contributed by atoms with Gasteiger partial charge in [0.25, 0.3) is 0 Å². The number of hydrogen-bond acceptors (Lipinski definition) is 4. The first kappa shape index (κ1) is 14.4. The van der Waals surface area contributed by atoms with Gasteiger partial charge in [-0.1, -0.05) is 12.1 Å². The molecule has 108 valence electrons. The summed E-state index contributed by atoms with van der Waals surface area (Å²) in [5.74, 6) is 0.858. The highest BCUT2D eigenvalue weighted by atomic mass is 32.2. The van der Waals surface area contributed by atoms with Crippen LogP contribution in [0, 0.1) is 5.92 Å². The second-order valence-corrected chi connectivity index (χ2v) is 6.98. The zero-order chi connectivity index (χ0) is 14.7. The lowest BCUT2D eigenvalue weighted by molar-refractivity contribution is -0.117. The third kappa shape index (κ3) is 3.95. The summed E-state index contributed by atoms with van der Waals surface area (Å²) in [6, 6.07) is 11.4. The molecule has 1 aliphatic rings. The van der Waals surface area contributed by atoms with Crippen LogP contribution in [0.3, 0.4) is 0 Å². The lowest BCUT2D eigenvalue weighted by atomic mass is 10.3. The molecule has 3 nitrogen and oxygen atoms in total. The van der Waals surface area contributed by atoms with E-state index in [2.05, 4.69) is 5.32 Å². The van der Waals surface area contributed by atoms with E-state index in [1.54, 1.807) is 0 Å². The van der Waals surface area contributed by atoms with Gasteiger partial charge in [0, 0.05) is 16.5 Å². The molecule has 0 spiro atoms. The number of anilines is 1. The minimum atomic E-state index is 0.104. The van der Waals surface area contributed by atoms with Crippen molar-refractivity contribution >= 4 is 40.5 Å². The molecule has 3 rings (SSSR count). The molecule has 5 heteroatoms. The summed E-state index contributed by atoms with van der Waals surface area (Å²) in [5.41, 5.74) is 0.806. The van der Waals surface area contributed by atoms with Crippen molar-refractivity contribution in [2.45, 2.75) is 17.7 Å². The molecule has 0 bridgehead atoms. The van der Waals surface area contributed by atoms with Crippen LogP contribution in [0.25, 0.3) is 0 Å². The van der Waals surface area contributed by atoms with Crippen LogP contribution in [0.5, 0.6) is 0 Å². The average Bonchev–Trinajstić information content (AvgIpc) is 3.20. The van der Waals surface area contributed by atoms with Gasteiger partial charge in [0.2, 0.25) is 5.91 Å². The first-order chi connectivity index (χ1) is 10.2. The maximum absolute atomic E-state index is 12.0. The predicted octanol–water partition coefficient (Wildman–Crippen LogP) is 4.07. The van der Waals surface area contributed by atoms with E-state index in [4.69, 9.17) is 0 Å². The van der Waals surface area contributed by atoms with Gasteiger partial charge in [-0.25, -0.2) is 0 Å². The van der Waals surface area contributed by atoms with Crippen LogP contribution in [0.1, 0.15) is 22.5 Å². The normalized spacial score (nSPS) is 13.9. The number of benzene rings is 1. The van der Waals surface area contributed by atoms with Crippen LogP contribution in [-0.2, 0) is 4.79 Å². The van der Waals surface area contributed by atoms with E-state index in [0.29, 0.717) is 5.75 Å². The molecule has 1 amide bonds. The van der Waals surface area contributed by atoms with Crippen molar-refractivity contribution in [2.24, 2.45) is 5.92 Å². The van der Waals surface area contributed by atoms with Crippen molar-refractivity contribution in [3.63, 3.8) is 0 Å². The Morgan fingerprint density at radius 1 is 1.24 bits per heavy atom. The van der Waals surface area contributed by atoms with E-state index in [9.17, 15) is 9.59 Å². The predicted molar refractivity (Wildman–Crippen MR) is 87.2 cm³/mol. The quantitative estimate of drug-likeness (QED) is 0.645. The van der Waals surface area contributed by atoms with Crippen LogP contribution in [-0.4, -0.2) is 17.4 Å². The van der Waals surface area contributed by atoms with E-state index in [-0.39, 0.29) is 17.6 Å². The fourth-order valence-corrected chi connectivity index (χ4v) is 3.50. The van der Waals surface area contributed by atoms with Crippen molar-refractivity contribution in [3.05, 3.63) is 46.7 Å². The summed E-state index contributed by atoms with van der Waals surface area (Å²) in [4.78, 5) is 25.5. The summed E-state index contributed by atoms with van der Waals surface area (Å²) in [7, 11) is 0. The number of carbonyl (C=O) groups is 2. The number of amides is 1. The van der Waals surface area contributed by atoms with Gasteiger partial charge in [0.1, 0.15) is 0 Å². The van der Waals surface area contributed by atoms with E-state index in [1.807, 2.05) is 41.8 Å². The van der Waals surface area contributed by atoms with Gasteiger partial charge >= 0.3 is 0 Å². The van der Waals surface area contributed by atoms with Gasteiger partial charge < -0.3 is 5.32 Å². The highest BCUT2D eigenvalue weighted by molar-refractivity contribution is 8.00. The zero-order valence-corrected chi connectivity index (χ0v) is 13.0. The molecule has 0 aliphatic heterocycles. The molecular formula is C16H15NO2S2. The second-order valence-electron chi connectivity index (χ2n) is 4.98. The summed E-state index contributed by atoms with van der Waals surface area (Å²) in [6.07, 6.45) is 1.99. The summed E-state index contributed by atoms with van der Waals surface area (Å²) in [5, 5.41) is 4.83. The largest absolute Gasteiger partial charge is 0.326 e. The van der Waals surface area contributed by atoms with Gasteiger partial charge in [-0.2, -0.15) is 0 Å². The number of thioether (sulfide) groups is 1. The van der Waals surface area contributed by atoms with E-state index in [0.717, 1.165) is 28.3 Å². The minimum Gasteiger partial charge on any atom is -0.326 e. The highest BCUT2D eigenvalue weighted by Crippen LogP contribution is 2.31. The van der Waals surface area contributed by atoms with Crippen LogP contribution >= 0.6 is 23.1 Å². The average molecular weight is 317 g/mol. The van der Waals surface area contributed by atoms with Crippen LogP contribution in [0.15, 0.2) is 46.7 Å². The molecule has 1 N–H and O–H groups in total. The Morgan fingerprint density at radius 2 is 2.10 bits per heavy atom. The summed E-state index contributed by atoms with van der Waals surface area (Å²) in [6.45, 7) is 0. The minimum absolute atomic E-state index is 0.104. The Bertz CT molecular complexity index is 648. The molecule has 1 aromatic carbocycles. The van der Waals surface area contributed by atoms with Gasteiger partial charge in [-0.05, 0) is 42.5 Å². The van der Waals surface area contributed by atoms with Crippen LogP contribution < -0.4 is 5.32 Å². The Balaban J connectivity index is 1.58. The van der Waals surface area contributed by atoms with Crippen LogP contribution in [0.2, 0.25) is 0 Å². The molecular weight excluding hydrogens is 302 g/mol. The van der Waals surface area contributed by atoms with Crippen molar-refractivity contribution in [1.29, 1.82) is 0 Å². The Labute approximate surface area is 131 Å². The molecule has 0 saturated heterocycles. The lowest BCUT2D eigenvalue weighted by Gasteiger charge is -2.06. The van der Waals surface area contributed by atoms with Gasteiger partial charge in [0.05, 0.1) is 10.6 Å². The molecule has 1 heterocycles. The van der Waals surface area contributed by atoms with Gasteiger partial charge in [0.15, 0.2) is 5.78 Å². The zero-order valence-electron chi connectivity index (χ0n) is 11.4. The number of nitrogens with one attached hydrogen (secondary N) is 1.